The summed E-state index contributed by atoms with van der Waals surface area (Å²) in [5.41, 5.74) is 2.69. The molecule has 1 aromatic heterocycles. The lowest BCUT2D eigenvalue weighted by Crippen LogP contribution is -2.18. The molecule has 6 heteroatoms. The first-order chi connectivity index (χ1) is 13.3. The molecule has 1 fully saturated rings. The first-order valence-electron chi connectivity index (χ1n) is 9.05. The van der Waals surface area contributed by atoms with E-state index in [0.717, 1.165) is 30.7 Å². The zero-order valence-corrected chi connectivity index (χ0v) is 14.9. The Morgan fingerprint density at radius 2 is 2.00 bits per heavy atom. The molecular formula is C21H21N3O3. The van der Waals surface area contributed by atoms with Crippen molar-refractivity contribution in [3.63, 3.8) is 0 Å². The molecule has 1 atom stereocenters. The molecule has 0 radical (unpaired) electrons. The zero-order chi connectivity index (χ0) is 18.5. The van der Waals surface area contributed by atoms with E-state index >= 15 is 0 Å². The van der Waals surface area contributed by atoms with Crippen LogP contribution in [0.2, 0.25) is 0 Å². The monoisotopic (exact) mass is 363 g/mol. The number of anilines is 1. The molecular weight excluding hydrogens is 342 g/mol. The van der Waals surface area contributed by atoms with Crippen molar-refractivity contribution in [3.8, 4) is 17.0 Å². The van der Waals surface area contributed by atoms with Gasteiger partial charge >= 0.3 is 0 Å². The number of amides is 1. The van der Waals surface area contributed by atoms with Crippen molar-refractivity contribution in [3.05, 3.63) is 66.4 Å². The quantitative estimate of drug-likeness (QED) is 0.697. The molecule has 0 spiro atoms. The molecule has 0 bridgehead atoms. The predicted octanol–water partition coefficient (Wildman–Crippen LogP) is 3.89. The van der Waals surface area contributed by atoms with Gasteiger partial charge in [0.1, 0.15) is 18.1 Å². The number of carbonyl (C=O) groups excluding carboxylic acids is 1. The average Bonchev–Trinajstić information content (AvgIpc) is 3.40. The van der Waals surface area contributed by atoms with Crippen molar-refractivity contribution in [2.24, 2.45) is 0 Å². The Balaban J connectivity index is 1.44. The third kappa shape index (κ3) is 4.17. The number of ether oxygens (including phenoxy) is 2. The highest BCUT2D eigenvalue weighted by Crippen LogP contribution is 2.26. The lowest BCUT2D eigenvalue weighted by molar-refractivity contribution is 0.0682. The predicted molar refractivity (Wildman–Crippen MR) is 103 cm³/mol. The molecule has 2 N–H and O–H groups in total. The minimum absolute atomic E-state index is 0.120. The van der Waals surface area contributed by atoms with Crippen LogP contribution in [0.1, 0.15) is 23.3 Å². The smallest absolute Gasteiger partial charge is 0.273 e. The largest absolute Gasteiger partial charge is 0.489 e. The second-order valence-corrected chi connectivity index (χ2v) is 6.43. The maximum absolute atomic E-state index is 12.6. The molecule has 1 amide bonds. The van der Waals surface area contributed by atoms with Crippen LogP contribution in [0.3, 0.4) is 0 Å². The second-order valence-electron chi connectivity index (χ2n) is 6.43. The van der Waals surface area contributed by atoms with Gasteiger partial charge in [-0.15, -0.1) is 0 Å². The summed E-state index contributed by atoms with van der Waals surface area (Å²) in [5, 5.41) is 9.92. The van der Waals surface area contributed by atoms with Gasteiger partial charge in [-0.2, -0.15) is 5.10 Å². The number of nitrogens with zero attached hydrogens (tertiary/aromatic N) is 1. The fourth-order valence-electron chi connectivity index (χ4n) is 3.04. The van der Waals surface area contributed by atoms with Gasteiger partial charge < -0.3 is 14.8 Å². The summed E-state index contributed by atoms with van der Waals surface area (Å²) in [4.78, 5) is 12.6. The molecule has 0 aliphatic carbocycles. The molecule has 2 heterocycles. The SMILES string of the molecule is O=C(Nc1ccccc1OCC1CCCO1)c1cc(-c2ccccc2)n[nH]1. The third-order valence-corrected chi connectivity index (χ3v) is 4.48. The van der Waals surface area contributed by atoms with Gasteiger partial charge in [0, 0.05) is 12.2 Å². The van der Waals surface area contributed by atoms with Crippen LogP contribution in [-0.4, -0.2) is 35.4 Å². The molecule has 4 rings (SSSR count). The zero-order valence-electron chi connectivity index (χ0n) is 14.9. The van der Waals surface area contributed by atoms with E-state index in [1.165, 1.54) is 0 Å². The number of carbonyl (C=O) groups is 1. The maximum atomic E-state index is 12.6. The van der Waals surface area contributed by atoms with Gasteiger partial charge in [-0.25, -0.2) is 0 Å². The molecule has 27 heavy (non-hydrogen) atoms. The topological polar surface area (TPSA) is 76.2 Å². The van der Waals surface area contributed by atoms with Gasteiger partial charge in [-0.3, -0.25) is 9.89 Å². The van der Waals surface area contributed by atoms with Crippen LogP contribution in [0.15, 0.2) is 60.7 Å². The summed E-state index contributed by atoms with van der Waals surface area (Å²) in [6.07, 6.45) is 2.19. The molecule has 0 saturated carbocycles. The number of nitrogens with one attached hydrogen (secondary N) is 2. The third-order valence-electron chi connectivity index (χ3n) is 4.48. The number of para-hydroxylation sites is 2. The van der Waals surface area contributed by atoms with Crippen molar-refractivity contribution >= 4 is 11.6 Å². The Bertz CT molecular complexity index is 902. The van der Waals surface area contributed by atoms with E-state index in [9.17, 15) is 4.79 Å². The number of hydrogen-bond donors (Lipinski definition) is 2. The van der Waals surface area contributed by atoms with Crippen LogP contribution < -0.4 is 10.1 Å². The maximum Gasteiger partial charge on any atom is 0.273 e. The van der Waals surface area contributed by atoms with Crippen molar-refractivity contribution in [2.45, 2.75) is 18.9 Å². The Kier molecular flexibility index (Phi) is 5.16. The fourth-order valence-corrected chi connectivity index (χ4v) is 3.04. The summed E-state index contributed by atoms with van der Waals surface area (Å²) in [6, 6.07) is 18.8. The first kappa shape index (κ1) is 17.3. The van der Waals surface area contributed by atoms with E-state index in [1.807, 2.05) is 54.6 Å². The number of rotatable bonds is 6. The molecule has 3 aromatic rings. The van der Waals surface area contributed by atoms with Crippen LogP contribution in [0.5, 0.6) is 5.75 Å². The summed E-state index contributed by atoms with van der Waals surface area (Å²) in [6.45, 7) is 1.27. The standard InChI is InChI=1S/C21H21N3O3/c25-21(19-13-18(23-24-19)15-7-2-1-3-8-15)22-17-10-4-5-11-20(17)27-14-16-9-6-12-26-16/h1-5,7-8,10-11,13,16H,6,9,12,14H2,(H,22,25)(H,23,24). The van der Waals surface area contributed by atoms with Crippen molar-refractivity contribution in [1.29, 1.82) is 0 Å². The number of benzene rings is 2. The minimum Gasteiger partial charge on any atom is -0.489 e. The molecule has 1 unspecified atom stereocenters. The van der Waals surface area contributed by atoms with E-state index in [-0.39, 0.29) is 12.0 Å². The lowest BCUT2D eigenvalue weighted by Gasteiger charge is -2.14. The fraction of sp³-hybridized carbons (Fsp3) is 0.238. The van der Waals surface area contributed by atoms with Gasteiger partial charge in [-0.05, 0) is 31.0 Å². The molecule has 6 nitrogen and oxygen atoms in total. The molecule has 2 aromatic carbocycles. The number of H-pyrrole nitrogens is 1. The van der Waals surface area contributed by atoms with Gasteiger partial charge in [0.05, 0.1) is 17.5 Å². The van der Waals surface area contributed by atoms with E-state index in [0.29, 0.717) is 23.7 Å². The number of hydrogen-bond acceptors (Lipinski definition) is 4. The van der Waals surface area contributed by atoms with Crippen molar-refractivity contribution in [1.82, 2.24) is 10.2 Å². The van der Waals surface area contributed by atoms with Gasteiger partial charge in [0.2, 0.25) is 0 Å². The van der Waals surface area contributed by atoms with Gasteiger partial charge in [-0.1, -0.05) is 42.5 Å². The number of aromatic amines is 1. The second kappa shape index (κ2) is 8.05. The highest BCUT2D eigenvalue weighted by molar-refractivity contribution is 6.04. The normalized spacial score (nSPS) is 16.2. The summed E-state index contributed by atoms with van der Waals surface area (Å²) in [7, 11) is 0. The van der Waals surface area contributed by atoms with E-state index in [4.69, 9.17) is 9.47 Å². The summed E-state index contributed by atoms with van der Waals surface area (Å²) >= 11 is 0. The summed E-state index contributed by atoms with van der Waals surface area (Å²) < 4.78 is 11.5. The van der Waals surface area contributed by atoms with Gasteiger partial charge in [0.25, 0.3) is 5.91 Å². The molecule has 1 aliphatic heterocycles. The Morgan fingerprint density at radius 1 is 1.19 bits per heavy atom. The number of aromatic nitrogens is 2. The van der Waals surface area contributed by atoms with Crippen molar-refractivity contribution in [2.75, 3.05) is 18.5 Å². The van der Waals surface area contributed by atoms with Crippen LogP contribution in [-0.2, 0) is 4.74 Å². The molecule has 1 saturated heterocycles. The Hall–Kier alpha value is -3.12. The van der Waals surface area contributed by atoms with E-state index in [2.05, 4.69) is 15.5 Å². The van der Waals surface area contributed by atoms with Crippen LogP contribution in [0, 0.1) is 0 Å². The minimum atomic E-state index is -0.266. The van der Waals surface area contributed by atoms with Crippen LogP contribution in [0.4, 0.5) is 5.69 Å². The lowest BCUT2D eigenvalue weighted by atomic mass is 10.1. The Labute approximate surface area is 157 Å². The van der Waals surface area contributed by atoms with Crippen LogP contribution >= 0.6 is 0 Å². The Morgan fingerprint density at radius 3 is 2.81 bits per heavy atom. The van der Waals surface area contributed by atoms with Gasteiger partial charge in [0.15, 0.2) is 0 Å². The average molecular weight is 363 g/mol. The highest BCUT2D eigenvalue weighted by Gasteiger charge is 2.18. The summed E-state index contributed by atoms with van der Waals surface area (Å²) in [5.74, 6) is 0.363. The first-order valence-corrected chi connectivity index (χ1v) is 9.05. The molecule has 1 aliphatic rings. The highest BCUT2D eigenvalue weighted by atomic mass is 16.5. The van der Waals surface area contributed by atoms with Crippen LogP contribution in [0.25, 0.3) is 11.3 Å². The van der Waals surface area contributed by atoms with Crippen molar-refractivity contribution < 1.29 is 14.3 Å². The van der Waals surface area contributed by atoms with E-state index < -0.39 is 0 Å². The molecule has 138 valence electrons. The van der Waals surface area contributed by atoms with E-state index in [1.54, 1.807) is 6.07 Å².